The van der Waals surface area contributed by atoms with Crippen molar-refractivity contribution >= 4 is 28.9 Å². The van der Waals surface area contributed by atoms with Crippen LogP contribution in [0.4, 0.5) is 11.4 Å². The van der Waals surface area contributed by atoms with E-state index < -0.39 is 10.8 Å². The Hall–Kier alpha value is -2.63. The average molecular weight is 380 g/mol. The van der Waals surface area contributed by atoms with Gasteiger partial charge >= 0.3 is 0 Å². The molecule has 1 rings (SSSR count). The Labute approximate surface area is 157 Å². The molecular formula is C17H22ClN5O3. The number of carbonyl (C=O) groups excluding carboxylic acids is 1. The van der Waals surface area contributed by atoms with Crippen LogP contribution >= 0.6 is 11.6 Å². The van der Waals surface area contributed by atoms with Gasteiger partial charge in [0, 0.05) is 24.9 Å². The summed E-state index contributed by atoms with van der Waals surface area (Å²) < 4.78 is 0. The van der Waals surface area contributed by atoms with Gasteiger partial charge in [0.2, 0.25) is 0 Å². The molecule has 0 atom stereocenters. The maximum Gasteiger partial charge on any atom is 0.271 e. The van der Waals surface area contributed by atoms with Gasteiger partial charge in [-0.2, -0.15) is 5.26 Å². The molecule has 140 valence electrons. The van der Waals surface area contributed by atoms with E-state index in [1.807, 2.05) is 0 Å². The second-order valence-corrected chi connectivity index (χ2v) is 5.79. The normalized spacial score (nSPS) is 11.1. The number of nitriles is 1. The van der Waals surface area contributed by atoms with Crippen LogP contribution in [-0.2, 0) is 4.79 Å². The maximum absolute atomic E-state index is 12.2. The summed E-state index contributed by atoms with van der Waals surface area (Å²) in [6.07, 6.45) is 2.21. The van der Waals surface area contributed by atoms with E-state index in [0.29, 0.717) is 6.54 Å². The van der Waals surface area contributed by atoms with Gasteiger partial charge in [0.25, 0.3) is 11.6 Å². The van der Waals surface area contributed by atoms with Gasteiger partial charge in [0.05, 0.1) is 15.6 Å². The van der Waals surface area contributed by atoms with Crippen LogP contribution in [0.25, 0.3) is 0 Å². The molecule has 0 fully saturated rings. The lowest BCUT2D eigenvalue weighted by Gasteiger charge is -2.17. The summed E-state index contributed by atoms with van der Waals surface area (Å²) in [6, 6.07) is 5.49. The predicted molar refractivity (Wildman–Crippen MR) is 101 cm³/mol. The average Bonchev–Trinajstić information content (AvgIpc) is 2.62. The minimum atomic E-state index is -0.689. The van der Waals surface area contributed by atoms with Gasteiger partial charge in [-0.3, -0.25) is 14.9 Å². The smallest absolute Gasteiger partial charge is 0.271 e. The number of hydrogen-bond acceptors (Lipinski definition) is 6. The summed E-state index contributed by atoms with van der Waals surface area (Å²) in [6.45, 7) is 7.67. The second kappa shape index (κ2) is 11.1. The van der Waals surface area contributed by atoms with E-state index in [1.165, 1.54) is 18.3 Å². The number of halogens is 1. The van der Waals surface area contributed by atoms with Crippen LogP contribution < -0.4 is 10.6 Å². The van der Waals surface area contributed by atoms with Crippen LogP contribution in [-0.4, -0.2) is 41.9 Å². The molecule has 0 heterocycles. The van der Waals surface area contributed by atoms with Gasteiger partial charge in [0.15, 0.2) is 0 Å². The summed E-state index contributed by atoms with van der Waals surface area (Å²) >= 11 is 5.94. The van der Waals surface area contributed by atoms with Crippen LogP contribution in [0, 0.1) is 21.4 Å². The van der Waals surface area contributed by atoms with E-state index in [4.69, 9.17) is 16.9 Å². The highest BCUT2D eigenvalue weighted by molar-refractivity contribution is 6.34. The van der Waals surface area contributed by atoms with Gasteiger partial charge < -0.3 is 15.5 Å². The number of amides is 1. The minimum Gasteiger partial charge on any atom is -0.390 e. The first kappa shape index (κ1) is 21.4. The summed E-state index contributed by atoms with van der Waals surface area (Å²) in [4.78, 5) is 24.6. The third-order valence-electron chi connectivity index (χ3n) is 3.71. The quantitative estimate of drug-likeness (QED) is 0.212. The number of benzene rings is 1. The fourth-order valence-electron chi connectivity index (χ4n) is 2.18. The number of nitrogens with one attached hydrogen (secondary N) is 2. The monoisotopic (exact) mass is 379 g/mol. The van der Waals surface area contributed by atoms with E-state index in [9.17, 15) is 14.9 Å². The second-order valence-electron chi connectivity index (χ2n) is 5.38. The van der Waals surface area contributed by atoms with Crippen LogP contribution in [0.2, 0.25) is 5.02 Å². The molecule has 0 aliphatic heterocycles. The number of anilines is 1. The Morgan fingerprint density at radius 2 is 2.12 bits per heavy atom. The molecule has 26 heavy (non-hydrogen) atoms. The standard InChI is InChI=1S/C17H22ClN5O3/c1-3-22(4-2)9-5-8-20-12-13(11-19)17(24)21-16-10-14(23(25)26)6-7-15(16)18/h6-7,10,12,20H,3-5,8-9H2,1-2H3,(H,21,24)/b13-12-. The van der Waals surface area contributed by atoms with Gasteiger partial charge in [-0.15, -0.1) is 0 Å². The van der Waals surface area contributed by atoms with E-state index in [-0.39, 0.29) is 22.0 Å². The first-order valence-corrected chi connectivity index (χ1v) is 8.62. The highest BCUT2D eigenvalue weighted by Crippen LogP contribution is 2.26. The lowest BCUT2D eigenvalue weighted by molar-refractivity contribution is -0.384. The maximum atomic E-state index is 12.2. The summed E-state index contributed by atoms with van der Waals surface area (Å²) in [5.41, 5.74) is -0.273. The van der Waals surface area contributed by atoms with Crippen LogP contribution in [0.5, 0.6) is 0 Å². The minimum absolute atomic E-state index is 0.0774. The van der Waals surface area contributed by atoms with E-state index in [1.54, 1.807) is 6.07 Å². The molecule has 1 amide bonds. The zero-order chi connectivity index (χ0) is 19.5. The van der Waals surface area contributed by atoms with Crippen LogP contribution in [0.1, 0.15) is 20.3 Å². The van der Waals surface area contributed by atoms with Crippen molar-refractivity contribution in [3.05, 3.63) is 45.1 Å². The first-order chi connectivity index (χ1) is 12.4. The van der Waals surface area contributed by atoms with Gasteiger partial charge in [-0.1, -0.05) is 25.4 Å². The molecule has 0 radical (unpaired) electrons. The molecule has 1 aromatic carbocycles. The third kappa shape index (κ3) is 6.70. The molecular weight excluding hydrogens is 358 g/mol. The Morgan fingerprint density at radius 1 is 1.42 bits per heavy atom. The third-order valence-corrected chi connectivity index (χ3v) is 4.04. The molecule has 0 unspecified atom stereocenters. The SMILES string of the molecule is CCN(CC)CCCN/C=C(/C#N)C(=O)Nc1cc([N+](=O)[O-])ccc1Cl. The van der Waals surface area contributed by atoms with E-state index in [0.717, 1.165) is 32.1 Å². The number of nitro benzene ring substituents is 1. The molecule has 0 spiro atoms. The molecule has 0 saturated heterocycles. The largest absolute Gasteiger partial charge is 0.390 e. The molecule has 0 aromatic heterocycles. The Bertz CT molecular complexity index is 711. The summed E-state index contributed by atoms with van der Waals surface area (Å²) in [5.74, 6) is -0.689. The number of rotatable bonds is 10. The Kier molecular flexibility index (Phi) is 9.12. The molecule has 1 aromatic rings. The molecule has 9 heteroatoms. The first-order valence-electron chi connectivity index (χ1n) is 8.24. The van der Waals surface area contributed by atoms with E-state index >= 15 is 0 Å². The van der Waals surface area contributed by atoms with Crippen molar-refractivity contribution in [2.45, 2.75) is 20.3 Å². The van der Waals surface area contributed by atoms with Crippen molar-refractivity contribution in [1.82, 2.24) is 10.2 Å². The van der Waals surface area contributed by atoms with Crippen molar-refractivity contribution in [3.8, 4) is 6.07 Å². The number of carbonyl (C=O) groups is 1. The van der Waals surface area contributed by atoms with Gasteiger partial charge in [-0.25, -0.2) is 0 Å². The van der Waals surface area contributed by atoms with Crippen LogP contribution in [0.15, 0.2) is 30.0 Å². The Balaban J connectivity index is 2.65. The van der Waals surface area contributed by atoms with Crippen molar-refractivity contribution in [2.75, 3.05) is 31.5 Å². The lowest BCUT2D eigenvalue weighted by Crippen LogP contribution is -2.26. The Morgan fingerprint density at radius 3 is 2.69 bits per heavy atom. The molecule has 8 nitrogen and oxygen atoms in total. The molecule has 0 bridgehead atoms. The van der Waals surface area contributed by atoms with Crippen molar-refractivity contribution < 1.29 is 9.72 Å². The summed E-state index contributed by atoms with van der Waals surface area (Å²) in [5, 5.41) is 25.4. The number of hydrogen-bond donors (Lipinski definition) is 2. The highest BCUT2D eigenvalue weighted by Gasteiger charge is 2.14. The van der Waals surface area contributed by atoms with Gasteiger partial charge in [-0.05, 0) is 32.1 Å². The van der Waals surface area contributed by atoms with Gasteiger partial charge in [0.1, 0.15) is 11.6 Å². The number of non-ortho nitro benzene ring substituents is 1. The molecule has 2 N–H and O–H groups in total. The zero-order valence-electron chi connectivity index (χ0n) is 14.8. The van der Waals surface area contributed by atoms with Crippen LogP contribution in [0.3, 0.4) is 0 Å². The lowest BCUT2D eigenvalue weighted by atomic mass is 10.2. The number of nitrogens with zero attached hydrogens (tertiary/aromatic N) is 3. The van der Waals surface area contributed by atoms with E-state index in [2.05, 4.69) is 29.4 Å². The van der Waals surface area contributed by atoms with Crippen molar-refractivity contribution in [1.29, 1.82) is 5.26 Å². The van der Waals surface area contributed by atoms with Crippen molar-refractivity contribution in [2.24, 2.45) is 0 Å². The number of nitro groups is 1. The zero-order valence-corrected chi connectivity index (χ0v) is 15.5. The molecule has 0 aliphatic carbocycles. The predicted octanol–water partition coefficient (Wildman–Crippen LogP) is 2.92. The molecule has 0 aliphatic rings. The topological polar surface area (TPSA) is 111 Å². The fraction of sp³-hybridized carbons (Fsp3) is 0.412. The molecule has 0 saturated carbocycles. The fourth-order valence-corrected chi connectivity index (χ4v) is 2.34. The highest BCUT2D eigenvalue weighted by atomic mass is 35.5. The van der Waals surface area contributed by atoms with Crippen molar-refractivity contribution in [3.63, 3.8) is 0 Å². The summed E-state index contributed by atoms with van der Waals surface area (Å²) in [7, 11) is 0.